The molecule has 0 heterocycles. The van der Waals surface area contributed by atoms with Gasteiger partial charge in [-0.05, 0) is 30.9 Å². The Morgan fingerprint density at radius 2 is 1.90 bits per heavy atom. The van der Waals surface area contributed by atoms with E-state index < -0.39 is 11.8 Å². The minimum Gasteiger partial charge on any atom is -0.507 e. The minimum absolute atomic E-state index is 0.0172. The number of hydrogen-bond donors (Lipinski definition) is 1. The van der Waals surface area contributed by atoms with Gasteiger partial charge in [-0.3, -0.25) is 0 Å². The predicted octanol–water partition coefficient (Wildman–Crippen LogP) is 5.11. The zero-order valence-electron chi connectivity index (χ0n) is 11.9. The van der Waals surface area contributed by atoms with E-state index in [0.29, 0.717) is 5.92 Å². The molecule has 0 spiro atoms. The maximum atomic E-state index is 13.0. The Bertz CT molecular complexity index is 513. The van der Waals surface area contributed by atoms with Crippen molar-refractivity contribution in [1.29, 1.82) is 0 Å². The van der Waals surface area contributed by atoms with Crippen molar-refractivity contribution in [3.63, 3.8) is 0 Å². The number of aromatic hydroxyl groups is 1. The van der Waals surface area contributed by atoms with Crippen LogP contribution in [0.3, 0.4) is 0 Å². The highest BCUT2D eigenvalue weighted by atomic mass is 19.3. The van der Waals surface area contributed by atoms with E-state index in [0.717, 1.165) is 12.8 Å². The van der Waals surface area contributed by atoms with Crippen molar-refractivity contribution in [3.05, 3.63) is 48.1 Å². The van der Waals surface area contributed by atoms with Crippen LogP contribution in [-0.2, 0) is 4.74 Å². The summed E-state index contributed by atoms with van der Waals surface area (Å²) in [5.74, 6) is -0.229. The first-order valence-corrected chi connectivity index (χ1v) is 7.31. The third-order valence-electron chi connectivity index (χ3n) is 3.70. The van der Waals surface area contributed by atoms with Crippen LogP contribution >= 0.6 is 0 Å². The highest BCUT2D eigenvalue weighted by Crippen LogP contribution is 2.29. The van der Waals surface area contributed by atoms with Crippen molar-refractivity contribution >= 4 is 5.76 Å². The van der Waals surface area contributed by atoms with Crippen LogP contribution in [-0.4, -0.2) is 11.7 Å². The highest BCUT2D eigenvalue weighted by Gasteiger charge is 2.14. The zero-order chi connectivity index (χ0) is 15.1. The summed E-state index contributed by atoms with van der Waals surface area (Å²) in [6.07, 6.45) is 8.00. The van der Waals surface area contributed by atoms with Gasteiger partial charge in [-0.25, -0.2) is 0 Å². The van der Waals surface area contributed by atoms with Crippen LogP contribution in [0.25, 0.3) is 5.76 Å². The molecular formula is C17H20F2O2. The largest absolute Gasteiger partial charge is 0.507 e. The lowest BCUT2D eigenvalue weighted by molar-refractivity contribution is 0.284. The molecule has 1 saturated carbocycles. The molecule has 0 aromatic heterocycles. The van der Waals surface area contributed by atoms with E-state index in [1.54, 1.807) is 18.2 Å². The van der Waals surface area contributed by atoms with E-state index in [4.69, 9.17) is 4.74 Å². The number of ether oxygens (including phenoxy) is 1. The van der Waals surface area contributed by atoms with Gasteiger partial charge >= 0.3 is 6.08 Å². The molecule has 1 fully saturated rings. The second kappa shape index (κ2) is 7.81. The summed E-state index contributed by atoms with van der Waals surface area (Å²) in [4.78, 5) is 0. The number of para-hydroxylation sites is 1. The Balaban J connectivity index is 1.94. The lowest BCUT2D eigenvalue weighted by Crippen LogP contribution is -2.03. The molecule has 114 valence electrons. The number of halogens is 2. The number of benzene rings is 1. The van der Waals surface area contributed by atoms with Gasteiger partial charge in [0, 0.05) is 0 Å². The lowest BCUT2D eigenvalue weighted by atomic mass is 9.89. The van der Waals surface area contributed by atoms with E-state index in [1.807, 2.05) is 0 Å². The Morgan fingerprint density at radius 3 is 2.57 bits per heavy atom. The van der Waals surface area contributed by atoms with Gasteiger partial charge in [-0.2, -0.15) is 8.78 Å². The highest BCUT2D eigenvalue weighted by molar-refractivity contribution is 5.65. The Hall–Kier alpha value is -1.84. The fourth-order valence-electron chi connectivity index (χ4n) is 2.61. The Morgan fingerprint density at radius 1 is 1.19 bits per heavy atom. The smallest absolute Gasteiger partial charge is 0.312 e. The SMILES string of the molecule is Oc1ccccc1C(OC/C=C\C1CCCCC1)=C(F)F. The molecule has 0 saturated heterocycles. The van der Waals surface area contributed by atoms with Gasteiger partial charge in [-0.1, -0.05) is 43.5 Å². The van der Waals surface area contributed by atoms with E-state index in [9.17, 15) is 13.9 Å². The van der Waals surface area contributed by atoms with Gasteiger partial charge in [0.2, 0.25) is 0 Å². The molecular weight excluding hydrogens is 274 g/mol. The molecule has 1 aromatic rings. The van der Waals surface area contributed by atoms with E-state index in [-0.39, 0.29) is 17.9 Å². The zero-order valence-corrected chi connectivity index (χ0v) is 11.9. The number of hydrogen-bond acceptors (Lipinski definition) is 2. The van der Waals surface area contributed by atoms with E-state index in [1.165, 1.54) is 31.4 Å². The number of phenols is 1. The van der Waals surface area contributed by atoms with Gasteiger partial charge in [0.1, 0.15) is 12.4 Å². The second-order valence-electron chi connectivity index (χ2n) is 5.24. The molecule has 21 heavy (non-hydrogen) atoms. The quantitative estimate of drug-likeness (QED) is 0.604. The van der Waals surface area contributed by atoms with E-state index in [2.05, 4.69) is 6.08 Å². The van der Waals surface area contributed by atoms with Gasteiger partial charge in [0.05, 0.1) is 5.56 Å². The van der Waals surface area contributed by atoms with Gasteiger partial charge in [0.25, 0.3) is 0 Å². The normalized spacial score (nSPS) is 16.1. The molecule has 0 bridgehead atoms. The first-order chi connectivity index (χ1) is 10.2. The summed E-state index contributed by atoms with van der Waals surface area (Å²) >= 11 is 0. The molecule has 1 aliphatic rings. The topological polar surface area (TPSA) is 29.5 Å². The average Bonchev–Trinajstić information content (AvgIpc) is 2.49. The molecule has 0 aliphatic heterocycles. The van der Waals surface area contributed by atoms with Crippen LogP contribution in [0.1, 0.15) is 37.7 Å². The van der Waals surface area contributed by atoms with E-state index >= 15 is 0 Å². The van der Waals surface area contributed by atoms with Crippen LogP contribution in [0, 0.1) is 5.92 Å². The van der Waals surface area contributed by atoms with Crippen LogP contribution in [0.4, 0.5) is 8.78 Å². The molecule has 2 nitrogen and oxygen atoms in total. The fourth-order valence-corrected chi connectivity index (χ4v) is 2.61. The van der Waals surface area contributed by atoms with Crippen LogP contribution in [0.5, 0.6) is 5.75 Å². The number of rotatable bonds is 5. The van der Waals surface area contributed by atoms with Crippen molar-refractivity contribution in [2.24, 2.45) is 5.92 Å². The number of allylic oxidation sites excluding steroid dienone is 1. The summed E-state index contributed by atoms with van der Waals surface area (Å²) in [6, 6.07) is 5.93. The molecule has 1 aliphatic carbocycles. The summed E-state index contributed by atoms with van der Waals surface area (Å²) in [7, 11) is 0. The molecule has 1 aromatic carbocycles. The molecule has 0 radical (unpaired) electrons. The third kappa shape index (κ3) is 4.59. The minimum atomic E-state index is -1.93. The van der Waals surface area contributed by atoms with Crippen LogP contribution in [0.15, 0.2) is 42.5 Å². The second-order valence-corrected chi connectivity index (χ2v) is 5.24. The van der Waals surface area contributed by atoms with Gasteiger partial charge in [-0.15, -0.1) is 0 Å². The Kier molecular flexibility index (Phi) is 5.78. The van der Waals surface area contributed by atoms with Gasteiger partial charge < -0.3 is 9.84 Å². The monoisotopic (exact) mass is 294 g/mol. The molecule has 0 atom stereocenters. The lowest BCUT2D eigenvalue weighted by Gasteiger charge is -2.17. The molecule has 0 unspecified atom stereocenters. The number of phenolic OH excluding ortho intramolecular Hbond substituents is 1. The first kappa shape index (κ1) is 15.5. The molecule has 4 heteroatoms. The van der Waals surface area contributed by atoms with Crippen molar-refractivity contribution in [2.45, 2.75) is 32.1 Å². The summed E-state index contributed by atoms with van der Waals surface area (Å²) in [6.45, 7) is 0.0809. The standard InChI is InChI=1S/C17H20F2O2/c18-17(19)16(14-10-4-5-11-15(14)20)21-12-6-9-13-7-2-1-3-8-13/h4-6,9-11,13,20H,1-3,7-8,12H2/b9-6-. The molecule has 1 N–H and O–H groups in total. The first-order valence-electron chi connectivity index (χ1n) is 7.31. The fraction of sp³-hybridized carbons (Fsp3) is 0.412. The Labute approximate surface area is 123 Å². The summed E-state index contributed by atoms with van der Waals surface area (Å²) in [5.41, 5.74) is 0.0172. The summed E-state index contributed by atoms with van der Waals surface area (Å²) < 4.78 is 31.1. The van der Waals surface area contributed by atoms with Crippen molar-refractivity contribution in [2.75, 3.05) is 6.61 Å². The van der Waals surface area contributed by atoms with Crippen molar-refractivity contribution in [1.82, 2.24) is 0 Å². The van der Waals surface area contributed by atoms with Crippen molar-refractivity contribution < 1.29 is 18.6 Å². The van der Waals surface area contributed by atoms with Crippen molar-refractivity contribution in [3.8, 4) is 5.75 Å². The maximum Gasteiger partial charge on any atom is 0.312 e. The maximum absolute atomic E-state index is 13.0. The summed E-state index contributed by atoms with van der Waals surface area (Å²) in [5, 5.41) is 9.62. The van der Waals surface area contributed by atoms with Crippen LogP contribution < -0.4 is 0 Å². The average molecular weight is 294 g/mol. The third-order valence-corrected chi connectivity index (χ3v) is 3.70. The molecule has 0 amide bonds. The predicted molar refractivity (Wildman–Crippen MR) is 78.9 cm³/mol. The molecule has 2 rings (SSSR count). The van der Waals surface area contributed by atoms with Crippen LogP contribution in [0.2, 0.25) is 0 Å². The van der Waals surface area contributed by atoms with Gasteiger partial charge in [0.15, 0.2) is 5.76 Å².